The summed E-state index contributed by atoms with van der Waals surface area (Å²) in [6.45, 7) is 2.54. The van der Waals surface area contributed by atoms with E-state index >= 15 is 0 Å². The molecule has 1 heterocycles. The van der Waals surface area contributed by atoms with Gasteiger partial charge in [0.2, 0.25) is 0 Å². The molecule has 2 aliphatic rings. The molecule has 0 aromatic carbocycles. The first-order valence-corrected chi connectivity index (χ1v) is 6.29. The van der Waals surface area contributed by atoms with Crippen molar-refractivity contribution in [2.75, 3.05) is 20.1 Å². The monoisotopic (exact) mass is 196 g/mol. The van der Waals surface area contributed by atoms with Crippen molar-refractivity contribution >= 4 is 0 Å². The third-order valence-corrected chi connectivity index (χ3v) is 3.72. The van der Waals surface area contributed by atoms with Crippen molar-refractivity contribution in [2.45, 2.75) is 57.0 Å². The van der Waals surface area contributed by atoms with Crippen molar-refractivity contribution < 1.29 is 0 Å². The smallest absolute Gasteiger partial charge is 0.0209 e. The molecule has 1 saturated carbocycles. The molecule has 1 N–H and O–H groups in total. The molecule has 0 aromatic heterocycles. The molecule has 1 aliphatic carbocycles. The first-order chi connectivity index (χ1) is 6.84. The van der Waals surface area contributed by atoms with Gasteiger partial charge in [-0.3, -0.25) is 0 Å². The Hall–Kier alpha value is -0.0800. The fraction of sp³-hybridized carbons (Fsp3) is 1.00. The van der Waals surface area contributed by atoms with Crippen LogP contribution in [0, 0.1) is 0 Å². The molecule has 0 bridgehead atoms. The van der Waals surface area contributed by atoms with Crippen LogP contribution in [0.5, 0.6) is 0 Å². The summed E-state index contributed by atoms with van der Waals surface area (Å²) in [4.78, 5) is 2.44. The van der Waals surface area contributed by atoms with Crippen LogP contribution in [-0.4, -0.2) is 37.1 Å². The Morgan fingerprint density at radius 3 is 2.21 bits per heavy atom. The normalized spacial score (nSPS) is 31.9. The summed E-state index contributed by atoms with van der Waals surface area (Å²) in [5.74, 6) is 0. The SMILES string of the molecule is CN1CC[C@H](NC2CCCCCC2)C1. The maximum Gasteiger partial charge on any atom is 0.0209 e. The Morgan fingerprint density at radius 1 is 0.929 bits per heavy atom. The number of likely N-dealkylation sites (tertiary alicyclic amines) is 1. The third-order valence-electron chi connectivity index (χ3n) is 3.72. The molecule has 2 fully saturated rings. The highest BCUT2D eigenvalue weighted by atomic mass is 15.2. The van der Waals surface area contributed by atoms with Crippen LogP contribution in [-0.2, 0) is 0 Å². The van der Waals surface area contributed by atoms with Crippen molar-refractivity contribution in [1.29, 1.82) is 0 Å². The van der Waals surface area contributed by atoms with Crippen molar-refractivity contribution in [3.05, 3.63) is 0 Å². The molecule has 0 radical (unpaired) electrons. The molecule has 1 saturated heterocycles. The second-order valence-corrected chi connectivity index (χ2v) is 5.10. The first kappa shape index (κ1) is 10.4. The topological polar surface area (TPSA) is 15.3 Å². The maximum absolute atomic E-state index is 3.85. The zero-order valence-electron chi connectivity index (χ0n) is 9.47. The fourth-order valence-electron chi connectivity index (χ4n) is 2.85. The number of nitrogens with zero attached hydrogens (tertiary/aromatic N) is 1. The van der Waals surface area contributed by atoms with Gasteiger partial charge in [0.25, 0.3) is 0 Å². The lowest BCUT2D eigenvalue weighted by atomic mass is 10.1. The second kappa shape index (κ2) is 5.13. The van der Waals surface area contributed by atoms with Crippen molar-refractivity contribution in [3.8, 4) is 0 Å². The van der Waals surface area contributed by atoms with Crippen LogP contribution in [0.15, 0.2) is 0 Å². The quantitative estimate of drug-likeness (QED) is 0.680. The van der Waals surface area contributed by atoms with Gasteiger partial charge in [0.1, 0.15) is 0 Å². The first-order valence-electron chi connectivity index (χ1n) is 6.29. The zero-order valence-corrected chi connectivity index (χ0v) is 9.47. The summed E-state index contributed by atoms with van der Waals surface area (Å²) in [5, 5.41) is 3.85. The molecule has 2 nitrogen and oxygen atoms in total. The molecule has 14 heavy (non-hydrogen) atoms. The van der Waals surface area contributed by atoms with E-state index in [0.29, 0.717) is 0 Å². The van der Waals surface area contributed by atoms with Crippen LogP contribution in [0.1, 0.15) is 44.9 Å². The molecule has 2 heteroatoms. The van der Waals surface area contributed by atoms with Crippen LogP contribution in [0.3, 0.4) is 0 Å². The van der Waals surface area contributed by atoms with Crippen LogP contribution in [0.4, 0.5) is 0 Å². The second-order valence-electron chi connectivity index (χ2n) is 5.10. The minimum Gasteiger partial charge on any atom is -0.310 e. The highest BCUT2D eigenvalue weighted by Gasteiger charge is 2.22. The number of likely N-dealkylation sites (N-methyl/N-ethyl adjacent to an activating group) is 1. The largest absolute Gasteiger partial charge is 0.310 e. The van der Waals surface area contributed by atoms with Gasteiger partial charge < -0.3 is 10.2 Å². The van der Waals surface area contributed by atoms with Crippen LogP contribution in [0.25, 0.3) is 0 Å². The molecule has 0 spiro atoms. The van der Waals surface area contributed by atoms with E-state index in [9.17, 15) is 0 Å². The van der Waals surface area contributed by atoms with E-state index in [0.717, 1.165) is 12.1 Å². The fourth-order valence-corrected chi connectivity index (χ4v) is 2.85. The van der Waals surface area contributed by atoms with E-state index in [2.05, 4.69) is 17.3 Å². The Morgan fingerprint density at radius 2 is 1.64 bits per heavy atom. The Kier molecular flexibility index (Phi) is 3.82. The van der Waals surface area contributed by atoms with Gasteiger partial charge in [-0.15, -0.1) is 0 Å². The minimum atomic E-state index is 0.781. The predicted octanol–water partition coefficient (Wildman–Crippen LogP) is 2.00. The summed E-state index contributed by atoms with van der Waals surface area (Å²) in [6, 6.07) is 1.61. The third kappa shape index (κ3) is 2.96. The molecule has 1 aliphatic heterocycles. The van der Waals surface area contributed by atoms with Crippen LogP contribution >= 0.6 is 0 Å². The van der Waals surface area contributed by atoms with Crippen LogP contribution in [0.2, 0.25) is 0 Å². The van der Waals surface area contributed by atoms with Gasteiger partial charge in [-0.2, -0.15) is 0 Å². The lowest BCUT2D eigenvalue weighted by Crippen LogP contribution is -2.39. The highest BCUT2D eigenvalue weighted by Crippen LogP contribution is 2.19. The van der Waals surface area contributed by atoms with Gasteiger partial charge in [0.15, 0.2) is 0 Å². The average Bonchev–Trinajstić information content (AvgIpc) is 2.43. The molecule has 82 valence electrons. The standard InChI is InChI=1S/C12H24N2/c1-14-9-8-12(10-14)13-11-6-4-2-3-5-7-11/h11-13H,2-10H2,1H3/t12-/m0/s1. The number of rotatable bonds is 2. The van der Waals surface area contributed by atoms with Gasteiger partial charge in [-0.25, -0.2) is 0 Å². The summed E-state index contributed by atoms with van der Waals surface area (Å²) >= 11 is 0. The van der Waals surface area contributed by atoms with Gasteiger partial charge in [-0.05, 0) is 32.9 Å². The van der Waals surface area contributed by atoms with E-state index in [1.807, 2.05) is 0 Å². The maximum atomic E-state index is 3.85. The highest BCUT2D eigenvalue weighted by molar-refractivity contribution is 4.83. The zero-order chi connectivity index (χ0) is 9.80. The molecular weight excluding hydrogens is 172 g/mol. The lowest BCUT2D eigenvalue weighted by molar-refractivity contribution is 0.365. The van der Waals surface area contributed by atoms with Crippen LogP contribution < -0.4 is 5.32 Å². The Bertz CT molecular complexity index is 162. The molecule has 2 rings (SSSR count). The molecule has 1 atom stereocenters. The van der Waals surface area contributed by atoms with Crippen molar-refractivity contribution in [1.82, 2.24) is 10.2 Å². The average molecular weight is 196 g/mol. The predicted molar refractivity (Wildman–Crippen MR) is 60.5 cm³/mol. The van der Waals surface area contributed by atoms with E-state index < -0.39 is 0 Å². The number of nitrogens with one attached hydrogen (secondary N) is 1. The van der Waals surface area contributed by atoms with E-state index in [1.165, 1.54) is 58.0 Å². The van der Waals surface area contributed by atoms with Crippen molar-refractivity contribution in [2.24, 2.45) is 0 Å². The number of hydrogen-bond acceptors (Lipinski definition) is 2. The Labute approximate surface area is 88.1 Å². The van der Waals surface area contributed by atoms with Gasteiger partial charge in [0.05, 0.1) is 0 Å². The van der Waals surface area contributed by atoms with Gasteiger partial charge >= 0.3 is 0 Å². The summed E-state index contributed by atoms with van der Waals surface area (Å²) in [6.07, 6.45) is 10.00. The molecule has 0 aromatic rings. The lowest BCUT2D eigenvalue weighted by Gasteiger charge is -2.21. The molecule has 0 unspecified atom stereocenters. The minimum absolute atomic E-state index is 0.781. The molecular formula is C12H24N2. The van der Waals surface area contributed by atoms with E-state index in [-0.39, 0.29) is 0 Å². The summed E-state index contributed by atoms with van der Waals surface area (Å²) in [5.41, 5.74) is 0. The van der Waals surface area contributed by atoms with Crippen molar-refractivity contribution in [3.63, 3.8) is 0 Å². The Balaban J connectivity index is 1.72. The summed E-state index contributed by atoms with van der Waals surface area (Å²) < 4.78 is 0. The van der Waals surface area contributed by atoms with Gasteiger partial charge in [-0.1, -0.05) is 25.7 Å². The van der Waals surface area contributed by atoms with E-state index in [4.69, 9.17) is 0 Å². The molecule has 0 amide bonds. The number of hydrogen-bond donors (Lipinski definition) is 1. The van der Waals surface area contributed by atoms with Gasteiger partial charge in [0, 0.05) is 18.6 Å². The van der Waals surface area contributed by atoms with E-state index in [1.54, 1.807) is 0 Å². The summed E-state index contributed by atoms with van der Waals surface area (Å²) in [7, 11) is 2.23.